The van der Waals surface area contributed by atoms with Gasteiger partial charge >= 0.3 is 5.69 Å². The van der Waals surface area contributed by atoms with Crippen molar-refractivity contribution in [1.29, 1.82) is 0 Å². The van der Waals surface area contributed by atoms with Crippen LogP contribution in [-0.4, -0.2) is 15.5 Å². The van der Waals surface area contributed by atoms with E-state index in [4.69, 9.17) is 0 Å². The third-order valence-electron chi connectivity index (χ3n) is 4.89. The fourth-order valence-electron chi connectivity index (χ4n) is 3.29. The molecule has 6 heteroatoms. The minimum absolute atomic E-state index is 0.128. The minimum Gasteiger partial charge on any atom is -0.321 e. The van der Waals surface area contributed by atoms with E-state index in [2.05, 4.69) is 10.3 Å². The van der Waals surface area contributed by atoms with Gasteiger partial charge in [0.05, 0.1) is 5.69 Å². The van der Waals surface area contributed by atoms with Crippen molar-refractivity contribution in [2.75, 3.05) is 5.32 Å². The van der Waals surface area contributed by atoms with Crippen LogP contribution in [0.1, 0.15) is 38.2 Å². The average Bonchev–Trinajstić information content (AvgIpc) is 2.61. The van der Waals surface area contributed by atoms with Gasteiger partial charge in [-0.15, -0.1) is 0 Å². The molecule has 0 saturated heterocycles. The largest absolute Gasteiger partial charge is 0.333 e. The quantitative estimate of drug-likeness (QED) is 0.734. The van der Waals surface area contributed by atoms with E-state index in [0.29, 0.717) is 11.4 Å². The number of hydrogen-bond acceptors (Lipinski definition) is 3. The summed E-state index contributed by atoms with van der Waals surface area (Å²) < 4.78 is 0.982. The normalized spacial score (nSPS) is 10.8. The van der Waals surface area contributed by atoms with Crippen molar-refractivity contribution in [1.82, 2.24) is 9.55 Å². The van der Waals surface area contributed by atoms with Crippen LogP contribution < -0.4 is 16.6 Å². The molecule has 2 aromatic carbocycles. The van der Waals surface area contributed by atoms with E-state index in [-0.39, 0.29) is 5.56 Å². The average molecular weight is 377 g/mol. The van der Waals surface area contributed by atoms with Crippen molar-refractivity contribution in [3.05, 3.63) is 90.7 Å². The maximum absolute atomic E-state index is 12.9. The molecule has 1 aromatic heterocycles. The Morgan fingerprint density at radius 2 is 1.54 bits per heavy atom. The molecule has 0 atom stereocenters. The lowest BCUT2D eigenvalue weighted by atomic mass is 10.0. The Balaban J connectivity index is 2.07. The number of hydrogen-bond donors (Lipinski definition) is 2. The zero-order valence-electron chi connectivity index (χ0n) is 16.6. The summed E-state index contributed by atoms with van der Waals surface area (Å²) in [5.74, 6) is -0.561. The van der Waals surface area contributed by atoms with Crippen molar-refractivity contribution in [3.63, 3.8) is 0 Å². The van der Waals surface area contributed by atoms with Crippen LogP contribution in [0.4, 0.5) is 5.69 Å². The molecular weight excluding hydrogens is 354 g/mol. The molecule has 144 valence electrons. The molecule has 6 nitrogen and oxygen atoms in total. The predicted molar refractivity (Wildman–Crippen MR) is 111 cm³/mol. The zero-order chi connectivity index (χ0) is 20.6. The van der Waals surface area contributed by atoms with Crippen LogP contribution >= 0.6 is 0 Å². The van der Waals surface area contributed by atoms with E-state index in [9.17, 15) is 14.4 Å². The first kappa shape index (κ1) is 19.4. The van der Waals surface area contributed by atoms with E-state index < -0.39 is 17.2 Å². The van der Waals surface area contributed by atoms with Gasteiger partial charge in [0.15, 0.2) is 0 Å². The SMILES string of the molecule is Cc1cc(C)c(NC(=O)c2c[nH]c(=O)n(-c3ccc(C)c(C)c3)c2=O)c(C)c1. The van der Waals surface area contributed by atoms with E-state index >= 15 is 0 Å². The molecule has 0 aliphatic rings. The first-order valence-electron chi connectivity index (χ1n) is 9.00. The number of carbonyl (C=O) groups is 1. The van der Waals surface area contributed by atoms with Gasteiger partial charge in [0.1, 0.15) is 5.56 Å². The molecule has 1 heterocycles. The molecule has 0 fully saturated rings. The molecule has 0 spiro atoms. The summed E-state index contributed by atoms with van der Waals surface area (Å²) in [6.45, 7) is 9.63. The molecule has 3 aromatic rings. The first-order valence-corrected chi connectivity index (χ1v) is 9.00. The summed E-state index contributed by atoms with van der Waals surface area (Å²) in [5.41, 5.74) is 4.61. The van der Waals surface area contributed by atoms with Gasteiger partial charge in [-0.2, -0.15) is 0 Å². The van der Waals surface area contributed by atoms with Gasteiger partial charge in [-0.3, -0.25) is 9.59 Å². The Labute approximate surface area is 162 Å². The van der Waals surface area contributed by atoms with E-state index in [1.54, 1.807) is 12.1 Å². The number of aromatic nitrogens is 2. The number of H-pyrrole nitrogens is 1. The van der Waals surface area contributed by atoms with Gasteiger partial charge in [0.2, 0.25) is 0 Å². The predicted octanol–water partition coefficient (Wildman–Crippen LogP) is 3.32. The van der Waals surface area contributed by atoms with Gasteiger partial charge < -0.3 is 10.3 Å². The van der Waals surface area contributed by atoms with Crippen LogP contribution in [-0.2, 0) is 0 Å². The summed E-state index contributed by atoms with van der Waals surface area (Å²) in [4.78, 5) is 40.5. The van der Waals surface area contributed by atoms with E-state index in [0.717, 1.165) is 38.6 Å². The number of benzene rings is 2. The first-order chi connectivity index (χ1) is 13.2. The summed E-state index contributed by atoms with van der Waals surface area (Å²) in [6, 6.07) is 9.20. The highest BCUT2D eigenvalue weighted by atomic mass is 16.2. The van der Waals surface area contributed by atoms with Crippen molar-refractivity contribution in [3.8, 4) is 5.69 Å². The molecule has 0 radical (unpaired) electrons. The number of aromatic amines is 1. The van der Waals surface area contributed by atoms with E-state index in [1.165, 1.54) is 0 Å². The minimum atomic E-state index is -0.660. The molecule has 1 amide bonds. The fourth-order valence-corrected chi connectivity index (χ4v) is 3.29. The van der Waals surface area contributed by atoms with Crippen molar-refractivity contribution in [2.45, 2.75) is 34.6 Å². The van der Waals surface area contributed by atoms with Crippen molar-refractivity contribution < 1.29 is 4.79 Å². The lowest BCUT2D eigenvalue weighted by molar-refractivity contribution is 0.102. The van der Waals surface area contributed by atoms with Gasteiger partial charge in [-0.05, 0) is 69.0 Å². The topological polar surface area (TPSA) is 84.0 Å². The number of amides is 1. The second kappa shape index (κ2) is 7.31. The van der Waals surface area contributed by atoms with Crippen LogP contribution in [0.15, 0.2) is 46.1 Å². The molecular formula is C22H23N3O3. The fraction of sp³-hybridized carbons (Fsp3) is 0.227. The Hall–Kier alpha value is -3.41. The number of rotatable bonds is 3. The number of nitrogens with one attached hydrogen (secondary N) is 2. The molecule has 0 bridgehead atoms. The van der Waals surface area contributed by atoms with Crippen LogP contribution in [0, 0.1) is 34.6 Å². The van der Waals surface area contributed by atoms with Crippen LogP contribution in [0.5, 0.6) is 0 Å². The third kappa shape index (κ3) is 3.53. The third-order valence-corrected chi connectivity index (χ3v) is 4.89. The Morgan fingerprint density at radius 3 is 2.14 bits per heavy atom. The lowest BCUT2D eigenvalue weighted by Crippen LogP contribution is -2.38. The Morgan fingerprint density at radius 1 is 0.893 bits per heavy atom. The highest BCUT2D eigenvalue weighted by molar-refractivity contribution is 6.04. The molecule has 0 saturated carbocycles. The molecule has 28 heavy (non-hydrogen) atoms. The number of nitrogens with zero attached hydrogens (tertiary/aromatic N) is 1. The smallest absolute Gasteiger partial charge is 0.321 e. The Kier molecular flexibility index (Phi) is 5.05. The summed E-state index contributed by atoms with van der Waals surface area (Å²) in [6.07, 6.45) is 1.16. The maximum Gasteiger partial charge on any atom is 0.333 e. The lowest BCUT2D eigenvalue weighted by Gasteiger charge is -2.13. The van der Waals surface area contributed by atoms with E-state index in [1.807, 2.05) is 52.8 Å². The number of anilines is 1. The van der Waals surface area contributed by atoms with Crippen LogP contribution in [0.3, 0.4) is 0 Å². The van der Waals surface area contributed by atoms with Crippen LogP contribution in [0.25, 0.3) is 5.69 Å². The standard InChI is InChI=1S/C22H23N3O3/c1-12-8-15(4)19(16(5)9-12)24-20(26)18-11-23-22(28)25(21(18)27)17-7-6-13(2)14(3)10-17/h6-11H,1-5H3,(H,23,28)(H,24,26). The molecule has 0 unspecified atom stereocenters. The van der Waals surface area contributed by atoms with Gasteiger partial charge in [0, 0.05) is 11.9 Å². The number of carbonyl (C=O) groups excluding carboxylic acids is 1. The second-order valence-electron chi connectivity index (χ2n) is 7.14. The van der Waals surface area contributed by atoms with Crippen LogP contribution in [0.2, 0.25) is 0 Å². The second-order valence-corrected chi connectivity index (χ2v) is 7.14. The zero-order valence-corrected chi connectivity index (χ0v) is 16.6. The van der Waals surface area contributed by atoms with Gasteiger partial charge in [-0.25, -0.2) is 9.36 Å². The summed E-state index contributed by atoms with van der Waals surface area (Å²) in [7, 11) is 0. The van der Waals surface area contributed by atoms with Gasteiger partial charge in [-0.1, -0.05) is 23.8 Å². The summed E-state index contributed by atoms with van der Waals surface area (Å²) in [5, 5.41) is 2.81. The monoisotopic (exact) mass is 377 g/mol. The highest BCUT2D eigenvalue weighted by Gasteiger charge is 2.18. The maximum atomic E-state index is 12.9. The van der Waals surface area contributed by atoms with Crippen molar-refractivity contribution >= 4 is 11.6 Å². The molecule has 0 aliphatic heterocycles. The number of aryl methyl sites for hydroxylation is 5. The molecule has 3 rings (SSSR count). The Bertz CT molecular complexity index is 1180. The molecule has 0 aliphatic carbocycles. The van der Waals surface area contributed by atoms with Crippen molar-refractivity contribution in [2.24, 2.45) is 0 Å². The summed E-state index contributed by atoms with van der Waals surface area (Å²) >= 11 is 0. The van der Waals surface area contributed by atoms with Gasteiger partial charge in [0.25, 0.3) is 11.5 Å². The highest BCUT2D eigenvalue weighted by Crippen LogP contribution is 2.22. The molecule has 2 N–H and O–H groups in total.